The fourth-order valence-corrected chi connectivity index (χ4v) is 2.48. The van der Waals surface area contributed by atoms with E-state index in [0.717, 1.165) is 0 Å². The number of carbonyl (C=O) groups excluding carboxylic acids is 1. The number of halogens is 1. The Kier molecular flexibility index (Phi) is 4.19. The maximum atomic E-state index is 11.8. The molecule has 0 bridgehead atoms. The molecular formula is C9H11ClN2O4S. The lowest BCUT2D eigenvalue weighted by Crippen LogP contribution is -2.37. The Bertz CT molecular complexity index is 530. The van der Waals surface area contributed by atoms with Crippen LogP contribution in [0.4, 0.5) is 4.79 Å². The van der Waals surface area contributed by atoms with Crippen LogP contribution in [0.3, 0.4) is 0 Å². The highest BCUT2D eigenvalue weighted by Crippen LogP contribution is 2.26. The van der Waals surface area contributed by atoms with Crippen molar-refractivity contribution in [2.24, 2.45) is 0 Å². The van der Waals surface area contributed by atoms with E-state index in [1.807, 2.05) is 4.72 Å². The molecule has 8 heteroatoms. The van der Waals surface area contributed by atoms with Crippen molar-refractivity contribution in [1.82, 2.24) is 10.0 Å². The molecule has 94 valence electrons. The highest BCUT2D eigenvalue weighted by Gasteiger charge is 2.21. The van der Waals surface area contributed by atoms with Gasteiger partial charge in [-0.1, -0.05) is 11.6 Å². The smallest absolute Gasteiger partial charge is 0.328 e. The molecule has 0 saturated carbocycles. The molecule has 1 aromatic carbocycles. The summed E-state index contributed by atoms with van der Waals surface area (Å²) in [6, 6.07) is 3.25. The maximum Gasteiger partial charge on any atom is 0.328 e. The average Bonchev–Trinajstić information content (AvgIpc) is 2.28. The van der Waals surface area contributed by atoms with E-state index in [0.29, 0.717) is 0 Å². The van der Waals surface area contributed by atoms with Gasteiger partial charge >= 0.3 is 6.03 Å². The predicted molar refractivity (Wildman–Crippen MR) is 62.8 cm³/mol. The molecule has 0 radical (unpaired) electrons. The second-order valence-electron chi connectivity index (χ2n) is 2.98. The zero-order valence-electron chi connectivity index (χ0n) is 9.15. The fourth-order valence-electron chi connectivity index (χ4n) is 1.09. The summed E-state index contributed by atoms with van der Waals surface area (Å²) in [5.41, 5.74) is 0. The van der Waals surface area contributed by atoms with Crippen LogP contribution < -0.4 is 14.8 Å². The van der Waals surface area contributed by atoms with Crippen molar-refractivity contribution in [2.45, 2.75) is 4.90 Å². The molecule has 0 aliphatic heterocycles. The van der Waals surface area contributed by atoms with Crippen LogP contribution >= 0.6 is 11.6 Å². The van der Waals surface area contributed by atoms with E-state index < -0.39 is 16.1 Å². The second-order valence-corrected chi connectivity index (χ2v) is 5.07. The first-order chi connectivity index (χ1) is 7.90. The summed E-state index contributed by atoms with van der Waals surface area (Å²) in [5, 5.41) is 2.36. The summed E-state index contributed by atoms with van der Waals surface area (Å²) in [6.45, 7) is 0. The average molecular weight is 279 g/mol. The van der Waals surface area contributed by atoms with Crippen LogP contribution in [0.25, 0.3) is 0 Å². The van der Waals surface area contributed by atoms with Gasteiger partial charge in [-0.3, -0.25) is 0 Å². The molecule has 17 heavy (non-hydrogen) atoms. The lowest BCUT2D eigenvalue weighted by Gasteiger charge is -2.10. The summed E-state index contributed by atoms with van der Waals surface area (Å²) in [7, 11) is -1.38. The van der Waals surface area contributed by atoms with Crippen LogP contribution in [-0.4, -0.2) is 28.6 Å². The van der Waals surface area contributed by atoms with Gasteiger partial charge in [0, 0.05) is 12.1 Å². The van der Waals surface area contributed by atoms with Crippen molar-refractivity contribution in [2.75, 3.05) is 14.2 Å². The number of hydrogen-bond donors (Lipinski definition) is 2. The number of rotatable bonds is 3. The molecule has 2 N–H and O–H groups in total. The minimum atomic E-state index is -4.01. The lowest BCUT2D eigenvalue weighted by molar-refractivity contribution is 0.247. The SMILES string of the molecule is CNC(=O)NS(=O)(=O)c1cc(Cl)ccc1OC. The third-order valence-corrected chi connectivity index (χ3v) is 3.46. The third kappa shape index (κ3) is 3.24. The van der Waals surface area contributed by atoms with Gasteiger partial charge in [-0.05, 0) is 18.2 Å². The van der Waals surface area contributed by atoms with Gasteiger partial charge in [0.1, 0.15) is 10.6 Å². The summed E-state index contributed by atoms with van der Waals surface area (Å²) in [6.07, 6.45) is 0. The largest absolute Gasteiger partial charge is 0.495 e. The highest BCUT2D eigenvalue weighted by molar-refractivity contribution is 7.90. The zero-order valence-corrected chi connectivity index (χ0v) is 10.7. The zero-order chi connectivity index (χ0) is 13.1. The van der Waals surface area contributed by atoms with Crippen LogP contribution in [0.2, 0.25) is 5.02 Å². The van der Waals surface area contributed by atoms with Crippen LogP contribution in [0.15, 0.2) is 23.1 Å². The quantitative estimate of drug-likeness (QED) is 0.863. The molecule has 0 fully saturated rings. The molecule has 2 amide bonds. The van der Waals surface area contributed by atoms with E-state index >= 15 is 0 Å². The number of methoxy groups -OCH3 is 1. The topological polar surface area (TPSA) is 84.5 Å². The van der Waals surface area contributed by atoms with E-state index in [1.165, 1.54) is 32.4 Å². The molecule has 0 aromatic heterocycles. The molecule has 1 rings (SSSR count). The van der Waals surface area contributed by atoms with E-state index in [-0.39, 0.29) is 15.7 Å². The molecule has 6 nitrogen and oxygen atoms in total. The Morgan fingerprint density at radius 2 is 2.06 bits per heavy atom. The number of hydrogen-bond acceptors (Lipinski definition) is 4. The summed E-state index contributed by atoms with van der Waals surface area (Å²) >= 11 is 5.70. The molecule has 0 atom stereocenters. The van der Waals surface area contributed by atoms with Crippen LogP contribution in [0.1, 0.15) is 0 Å². The molecular weight excluding hydrogens is 268 g/mol. The molecule has 0 aliphatic carbocycles. The van der Waals surface area contributed by atoms with Crippen molar-refractivity contribution >= 4 is 27.7 Å². The van der Waals surface area contributed by atoms with Gasteiger partial charge in [0.25, 0.3) is 10.0 Å². The number of nitrogens with one attached hydrogen (secondary N) is 2. The van der Waals surface area contributed by atoms with Gasteiger partial charge in [0.15, 0.2) is 0 Å². The predicted octanol–water partition coefficient (Wildman–Crippen LogP) is 0.966. The molecule has 0 heterocycles. The van der Waals surface area contributed by atoms with Crippen LogP contribution in [0, 0.1) is 0 Å². The minimum Gasteiger partial charge on any atom is -0.495 e. The number of benzene rings is 1. The fraction of sp³-hybridized carbons (Fsp3) is 0.222. The number of urea groups is 1. The molecule has 0 unspecified atom stereocenters. The Balaban J connectivity index is 3.22. The second kappa shape index (κ2) is 5.24. The molecule has 0 aliphatic rings. The first-order valence-electron chi connectivity index (χ1n) is 4.49. The van der Waals surface area contributed by atoms with Crippen molar-refractivity contribution in [3.05, 3.63) is 23.2 Å². The van der Waals surface area contributed by atoms with E-state index in [4.69, 9.17) is 16.3 Å². The number of ether oxygens (including phenoxy) is 1. The highest BCUT2D eigenvalue weighted by atomic mass is 35.5. The van der Waals surface area contributed by atoms with Crippen LogP contribution in [0.5, 0.6) is 5.75 Å². The van der Waals surface area contributed by atoms with E-state index in [9.17, 15) is 13.2 Å². The van der Waals surface area contributed by atoms with Gasteiger partial charge in [-0.15, -0.1) is 0 Å². The Morgan fingerprint density at radius 3 is 2.59 bits per heavy atom. The van der Waals surface area contributed by atoms with Crippen molar-refractivity contribution in [3.8, 4) is 5.75 Å². The van der Waals surface area contributed by atoms with Crippen molar-refractivity contribution in [1.29, 1.82) is 0 Å². The van der Waals surface area contributed by atoms with E-state index in [1.54, 1.807) is 0 Å². The Labute approximate surface area is 104 Å². The summed E-state index contributed by atoms with van der Waals surface area (Å²) in [4.78, 5) is 10.8. The summed E-state index contributed by atoms with van der Waals surface area (Å²) in [5.74, 6) is 0.103. The lowest BCUT2D eigenvalue weighted by atomic mass is 10.3. The first kappa shape index (κ1) is 13.6. The monoisotopic (exact) mass is 278 g/mol. The minimum absolute atomic E-state index is 0.103. The van der Waals surface area contributed by atoms with E-state index in [2.05, 4.69) is 5.32 Å². The van der Waals surface area contributed by atoms with Gasteiger partial charge in [0.2, 0.25) is 0 Å². The normalized spacial score (nSPS) is 10.8. The number of amides is 2. The van der Waals surface area contributed by atoms with Crippen molar-refractivity contribution in [3.63, 3.8) is 0 Å². The summed E-state index contributed by atoms with van der Waals surface area (Å²) < 4.78 is 30.3. The molecule has 0 saturated heterocycles. The van der Waals surface area contributed by atoms with Gasteiger partial charge in [-0.2, -0.15) is 0 Å². The number of sulfonamides is 1. The van der Waals surface area contributed by atoms with Crippen LogP contribution in [-0.2, 0) is 10.0 Å². The molecule has 0 spiro atoms. The standard InChI is InChI=1S/C9H11ClN2O4S/c1-11-9(13)12-17(14,15)8-5-6(10)3-4-7(8)16-2/h3-5H,1-2H3,(H2,11,12,13). The third-order valence-electron chi connectivity index (χ3n) is 1.87. The van der Waals surface area contributed by atoms with Gasteiger partial charge in [-0.25, -0.2) is 17.9 Å². The Morgan fingerprint density at radius 1 is 1.41 bits per heavy atom. The van der Waals surface area contributed by atoms with Gasteiger partial charge in [0.05, 0.1) is 7.11 Å². The Hall–Kier alpha value is -1.47. The maximum absolute atomic E-state index is 11.8. The first-order valence-corrected chi connectivity index (χ1v) is 6.35. The molecule has 1 aromatic rings. The number of carbonyl (C=O) groups is 1. The van der Waals surface area contributed by atoms with Gasteiger partial charge < -0.3 is 10.1 Å². The van der Waals surface area contributed by atoms with Crippen molar-refractivity contribution < 1.29 is 17.9 Å².